The smallest absolute Gasteiger partial charge is 0.164 e. The standard InChI is InChI=1S/C10H15BrO3/c1-5-4-6(11)7(12)9-8(5)13-10(2,3)14-9/h6-9,12H,1,4H2,2-3H3/t6-,7+,8+,9-/m0/s1. The average Bonchev–Trinajstić information content (AvgIpc) is 2.38. The summed E-state index contributed by atoms with van der Waals surface area (Å²) >= 11 is 3.42. The van der Waals surface area contributed by atoms with Crippen LogP contribution in [0.25, 0.3) is 0 Å². The molecule has 0 aromatic heterocycles. The number of aliphatic hydroxyl groups excluding tert-OH is 1. The highest BCUT2D eigenvalue weighted by Crippen LogP contribution is 2.40. The van der Waals surface area contributed by atoms with Crippen LogP contribution in [-0.4, -0.2) is 34.0 Å². The molecule has 1 aliphatic carbocycles. The van der Waals surface area contributed by atoms with Crippen molar-refractivity contribution in [3.8, 4) is 0 Å². The first kappa shape index (κ1) is 10.6. The lowest BCUT2D eigenvalue weighted by Crippen LogP contribution is -2.46. The number of ether oxygens (including phenoxy) is 2. The van der Waals surface area contributed by atoms with Crippen LogP contribution in [0.15, 0.2) is 12.2 Å². The highest BCUT2D eigenvalue weighted by Gasteiger charge is 2.50. The van der Waals surface area contributed by atoms with E-state index in [-0.39, 0.29) is 17.0 Å². The number of aliphatic hydroxyl groups is 1. The number of alkyl halides is 1. The van der Waals surface area contributed by atoms with E-state index >= 15 is 0 Å². The predicted molar refractivity (Wildman–Crippen MR) is 56.3 cm³/mol. The normalized spacial score (nSPS) is 46.4. The lowest BCUT2D eigenvalue weighted by atomic mass is 9.88. The van der Waals surface area contributed by atoms with Crippen LogP contribution in [0.1, 0.15) is 20.3 Å². The molecule has 1 heterocycles. The second-order valence-corrected chi connectivity index (χ2v) is 5.57. The summed E-state index contributed by atoms with van der Waals surface area (Å²) in [5.41, 5.74) is 0.993. The maximum absolute atomic E-state index is 9.90. The van der Waals surface area contributed by atoms with Crippen molar-refractivity contribution in [3.63, 3.8) is 0 Å². The minimum absolute atomic E-state index is 0.0220. The van der Waals surface area contributed by atoms with Gasteiger partial charge in [0.25, 0.3) is 0 Å². The second-order valence-electron chi connectivity index (χ2n) is 4.39. The molecule has 3 nitrogen and oxygen atoms in total. The minimum atomic E-state index is -0.615. The molecule has 0 amide bonds. The Hall–Kier alpha value is 0.1000. The largest absolute Gasteiger partial charge is 0.389 e. The molecule has 1 saturated carbocycles. The van der Waals surface area contributed by atoms with Crippen molar-refractivity contribution in [1.29, 1.82) is 0 Å². The van der Waals surface area contributed by atoms with Crippen molar-refractivity contribution >= 4 is 15.9 Å². The van der Waals surface area contributed by atoms with E-state index in [9.17, 15) is 5.11 Å². The van der Waals surface area contributed by atoms with Gasteiger partial charge in [0.15, 0.2) is 5.79 Å². The van der Waals surface area contributed by atoms with Gasteiger partial charge in [0.1, 0.15) is 12.2 Å². The van der Waals surface area contributed by atoms with Crippen LogP contribution in [0.5, 0.6) is 0 Å². The molecular formula is C10H15BrO3. The molecule has 80 valence electrons. The summed E-state index contributed by atoms with van der Waals surface area (Å²) in [6.07, 6.45) is -0.224. The van der Waals surface area contributed by atoms with Gasteiger partial charge in [0, 0.05) is 4.83 Å². The lowest BCUT2D eigenvalue weighted by molar-refractivity contribution is -0.152. The van der Waals surface area contributed by atoms with E-state index < -0.39 is 11.9 Å². The maximum atomic E-state index is 9.90. The summed E-state index contributed by atoms with van der Waals surface area (Å²) in [6, 6.07) is 0. The highest BCUT2D eigenvalue weighted by molar-refractivity contribution is 9.09. The van der Waals surface area contributed by atoms with Crippen molar-refractivity contribution in [2.24, 2.45) is 0 Å². The van der Waals surface area contributed by atoms with Gasteiger partial charge in [-0.25, -0.2) is 0 Å². The fraction of sp³-hybridized carbons (Fsp3) is 0.800. The van der Waals surface area contributed by atoms with E-state index in [2.05, 4.69) is 22.5 Å². The number of rotatable bonds is 0. The van der Waals surface area contributed by atoms with Gasteiger partial charge in [0.2, 0.25) is 0 Å². The highest BCUT2D eigenvalue weighted by atomic mass is 79.9. The van der Waals surface area contributed by atoms with Crippen molar-refractivity contribution in [2.45, 2.75) is 49.2 Å². The molecule has 0 spiro atoms. The van der Waals surface area contributed by atoms with Gasteiger partial charge in [-0.2, -0.15) is 0 Å². The molecule has 2 fully saturated rings. The van der Waals surface area contributed by atoms with Crippen molar-refractivity contribution in [1.82, 2.24) is 0 Å². The Balaban J connectivity index is 2.22. The number of fused-ring (bicyclic) bond motifs is 1. The Kier molecular flexibility index (Phi) is 2.50. The van der Waals surface area contributed by atoms with Gasteiger partial charge >= 0.3 is 0 Å². The summed E-state index contributed by atoms with van der Waals surface area (Å²) in [5, 5.41) is 9.90. The predicted octanol–water partition coefficient (Wildman–Crippen LogP) is 1.59. The Morgan fingerprint density at radius 1 is 1.50 bits per heavy atom. The third-order valence-corrected chi connectivity index (χ3v) is 3.56. The van der Waals surface area contributed by atoms with Crippen LogP contribution in [-0.2, 0) is 9.47 Å². The molecule has 1 aliphatic heterocycles. The van der Waals surface area contributed by atoms with Crippen molar-refractivity contribution in [3.05, 3.63) is 12.2 Å². The molecule has 4 heteroatoms. The van der Waals surface area contributed by atoms with Crippen LogP contribution in [0.3, 0.4) is 0 Å². The van der Waals surface area contributed by atoms with Crippen molar-refractivity contribution < 1.29 is 14.6 Å². The van der Waals surface area contributed by atoms with Crippen LogP contribution in [0.4, 0.5) is 0 Å². The molecular weight excluding hydrogens is 248 g/mol. The lowest BCUT2D eigenvalue weighted by Gasteiger charge is -2.33. The van der Waals surface area contributed by atoms with Crippen LogP contribution < -0.4 is 0 Å². The summed E-state index contributed by atoms with van der Waals surface area (Å²) in [6.45, 7) is 7.67. The molecule has 14 heavy (non-hydrogen) atoms. The van der Waals surface area contributed by atoms with Crippen LogP contribution in [0.2, 0.25) is 0 Å². The molecule has 0 radical (unpaired) electrons. The van der Waals surface area contributed by atoms with Gasteiger partial charge in [-0.15, -0.1) is 0 Å². The Bertz CT molecular complexity index is 264. The van der Waals surface area contributed by atoms with E-state index in [1.807, 2.05) is 13.8 Å². The zero-order valence-electron chi connectivity index (χ0n) is 8.37. The SMILES string of the molecule is C=C1C[C@H](Br)[C@@H](O)[C@@H]2OC(C)(C)O[C@H]12. The summed E-state index contributed by atoms with van der Waals surface area (Å²) in [5.74, 6) is -0.615. The molecule has 0 bridgehead atoms. The van der Waals surface area contributed by atoms with Gasteiger partial charge in [-0.1, -0.05) is 22.5 Å². The summed E-state index contributed by atoms with van der Waals surface area (Å²) in [7, 11) is 0. The third kappa shape index (κ3) is 1.65. The molecule has 0 aromatic rings. The monoisotopic (exact) mass is 262 g/mol. The van der Waals surface area contributed by atoms with E-state index in [4.69, 9.17) is 9.47 Å². The third-order valence-electron chi connectivity index (χ3n) is 2.70. The Morgan fingerprint density at radius 3 is 2.79 bits per heavy atom. The fourth-order valence-corrected chi connectivity index (χ4v) is 2.76. The Morgan fingerprint density at radius 2 is 2.14 bits per heavy atom. The summed E-state index contributed by atoms with van der Waals surface area (Å²) < 4.78 is 11.3. The molecule has 2 aliphatic rings. The van der Waals surface area contributed by atoms with Crippen LogP contribution in [0, 0.1) is 0 Å². The minimum Gasteiger partial charge on any atom is -0.389 e. The van der Waals surface area contributed by atoms with Crippen molar-refractivity contribution in [2.75, 3.05) is 0 Å². The topological polar surface area (TPSA) is 38.7 Å². The number of hydrogen-bond acceptors (Lipinski definition) is 3. The first-order valence-corrected chi connectivity index (χ1v) is 5.68. The van der Waals surface area contributed by atoms with E-state index in [0.717, 1.165) is 12.0 Å². The average molecular weight is 263 g/mol. The van der Waals surface area contributed by atoms with Gasteiger partial charge in [0.05, 0.1) is 6.10 Å². The zero-order valence-corrected chi connectivity index (χ0v) is 9.95. The number of halogens is 1. The van der Waals surface area contributed by atoms with E-state index in [1.54, 1.807) is 0 Å². The van der Waals surface area contributed by atoms with E-state index in [0.29, 0.717) is 0 Å². The molecule has 4 atom stereocenters. The van der Waals surface area contributed by atoms with Gasteiger partial charge in [-0.3, -0.25) is 0 Å². The first-order chi connectivity index (χ1) is 6.41. The van der Waals surface area contributed by atoms with Gasteiger partial charge in [-0.05, 0) is 25.8 Å². The second kappa shape index (κ2) is 3.30. The maximum Gasteiger partial charge on any atom is 0.164 e. The zero-order chi connectivity index (χ0) is 10.5. The molecule has 1 saturated heterocycles. The Labute approximate surface area is 92.2 Å². The molecule has 2 rings (SSSR count). The van der Waals surface area contributed by atoms with E-state index in [1.165, 1.54) is 0 Å². The summed E-state index contributed by atoms with van der Waals surface area (Å²) in [4.78, 5) is 0.0220. The quantitative estimate of drug-likeness (QED) is 0.533. The number of hydrogen-bond donors (Lipinski definition) is 1. The van der Waals surface area contributed by atoms with Gasteiger partial charge < -0.3 is 14.6 Å². The molecule has 0 unspecified atom stereocenters. The fourth-order valence-electron chi connectivity index (χ4n) is 2.05. The first-order valence-electron chi connectivity index (χ1n) is 4.76. The molecule has 0 aromatic carbocycles. The molecule has 1 N–H and O–H groups in total. The van der Waals surface area contributed by atoms with Crippen LogP contribution >= 0.6 is 15.9 Å².